The lowest BCUT2D eigenvalue weighted by Crippen LogP contribution is -2.50. The molecule has 0 aliphatic rings. The number of hydrogen-bond acceptors (Lipinski definition) is 3. The van der Waals surface area contributed by atoms with Gasteiger partial charge in [-0.25, -0.2) is 0 Å². The van der Waals surface area contributed by atoms with Gasteiger partial charge in [-0.3, -0.25) is 9.59 Å². The van der Waals surface area contributed by atoms with Crippen molar-refractivity contribution in [1.82, 2.24) is 10.2 Å². The fourth-order valence-corrected chi connectivity index (χ4v) is 3.25. The van der Waals surface area contributed by atoms with Gasteiger partial charge in [0.15, 0.2) is 6.61 Å². The second kappa shape index (κ2) is 10.6. The Morgan fingerprint density at radius 3 is 2.41 bits per heavy atom. The summed E-state index contributed by atoms with van der Waals surface area (Å²) in [6.45, 7) is 10.6. The quantitative estimate of drug-likeness (QED) is 0.699. The Bertz CT molecular complexity index is 848. The maximum atomic E-state index is 13.1. The Hall–Kier alpha value is -2.82. The van der Waals surface area contributed by atoms with E-state index in [0.29, 0.717) is 25.3 Å². The molecule has 5 nitrogen and oxygen atoms in total. The van der Waals surface area contributed by atoms with Gasteiger partial charge in [-0.2, -0.15) is 0 Å². The summed E-state index contributed by atoms with van der Waals surface area (Å²) in [5.41, 5.74) is 4.40. The molecule has 5 heteroatoms. The van der Waals surface area contributed by atoms with E-state index in [1.54, 1.807) is 4.90 Å². The molecule has 0 aliphatic heterocycles. The highest BCUT2D eigenvalue weighted by Crippen LogP contribution is 2.18. The summed E-state index contributed by atoms with van der Waals surface area (Å²) in [6, 6.07) is 13.2. The Morgan fingerprint density at radius 1 is 1.03 bits per heavy atom. The van der Waals surface area contributed by atoms with E-state index in [2.05, 4.69) is 5.32 Å². The SMILES string of the molecule is CCNC(=O)[C@@H](CC)N(Cc1cccc(C)c1)C(=O)COc1ccc(C)c(C)c1. The minimum atomic E-state index is -0.536. The summed E-state index contributed by atoms with van der Waals surface area (Å²) in [4.78, 5) is 27.3. The molecule has 0 aromatic heterocycles. The zero-order valence-corrected chi connectivity index (χ0v) is 18.1. The van der Waals surface area contributed by atoms with Crippen LogP contribution in [0.15, 0.2) is 42.5 Å². The number of aryl methyl sites for hydroxylation is 3. The lowest BCUT2D eigenvalue weighted by molar-refractivity contribution is -0.142. The largest absolute Gasteiger partial charge is 0.484 e. The van der Waals surface area contributed by atoms with E-state index >= 15 is 0 Å². The molecule has 0 radical (unpaired) electrons. The molecule has 2 amide bonds. The average molecular weight is 397 g/mol. The van der Waals surface area contributed by atoms with Crippen LogP contribution in [0, 0.1) is 20.8 Å². The van der Waals surface area contributed by atoms with Gasteiger partial charge in [0.2, 0.25) is 5.91 Å². The number of nitrogens with zero attached hydrogens (tertiary/aromatic N) is 1. The van der Waals surface area contributed by atoms with Crippen molar-refractivity contribution in [1.29, 1.82) is 0 Å². The molecule has 0 saturated carbocycles. The molecule has 0 bridgehead atoms. The molecule has 2 aromatic rings. The lowest BCUT2D eigenvalue weighted by atomic mass is 10.1. The second-order valence-corrected chi connectivity index (χ2v) is 7.36. The minimum Gasteiger partial charge on any atom is -0.484 e. The number of nitrogens with one attached hydrogen (secondary N) is 1. The molecule has 156 valence electrons. The van der Waals surface area contributed by atoms with E-state index in [0.717, 1.165) is 16.7 Å². The predicted molar refractivity (Wildman–Crippen MR) is 116 cm³/mol. The molecule has 0 unspecified atom stereocenters. The summed E-state index contributed by atoms with van der Waals surface area (Å²) in [7, 11) is 0. The van der Waals surface area contributed by atoms with Gasteiger partial charge in [0.1, 0.15) is 11.8 Å². The molecule has 2 rings (SSSR count). The normalized spacial score (nSPS) is 11.6. The molecule has 2 aromatic carbocycles. The van der Waals surface area contributed by atoms with E-state index in [9.17, 15) is 9.59 Å². The summed E-state index contributed by atoms with van der Waals surface area (Å²) in [5, 5.41) is 2.84. The van der Waals surface area contributed by atoms with Crippen LogP contribution in [0.4, 0.5) is 0 Å². The zero-order valence-electron chi connectivity index (χ0n) is 18.1. The molecule has 0 fully saturated rings. The highest BCUT2D eigenvalue weighted by Gasteiger charge is 2.28. The van der Waals surface area contributed by atoms with Crippen molar-refractivity contribution in [3.63, 3.8) is 0 Å². The lowest BCUT2D eigenvalue weighted by Gasteiger charge is -2.30. The van der Waals surface area contributed by atoms with Gasteiger partial charge in [0.05, 0.1) is 0 Å². The third-order valence-electron chi connectivity index (χ3n) is 5.01. The third kappa shape index (κ3) is 6.34. The fourth-order valence-electron chi connectivity index (χ4n) is 3.25. The maximum Gasteiger partial charge on any atom is 0.261 e. The van der Waals surface area contributed by atoms with Crippen molar-refractivity contribution < 1.29 is 14.3 Å². The monoisotopic (exact) mass is 396 g/mol. The topological polar surface area (TPSA) is 58.6 Å². The summed E-state index contributed by atoms with van der Waals surface area (Å²) >= 11 is 0. The number of carbonyl (C=O) groups excluding carboxylic acids is 2. The summed E-state index contributed by atoms with van der Waals surface area (Å²) in [6.07, 6.45) is 0.535. The van der Waals surface area contributed by atoms with E-state index in [1.807, 2.05) is 77.1 Å². The first-order valence-corrected chi connectivity index (χ1v) is 10.2. The van der Waals surface area contributed by atoms with Gasteiger partial charge in [0, 0.05) is 13.1 Å². The molecule has 0 heterocycles. The number of amides is 2. The molecule has 1 atom stereocenters. The molecule has 1 N–H and O–H groups in total. The highest BCUT2D eigenvalue weighted by molar-refractivity contribution is 5.88. The van der Waals surface area contributed by atoms with Crippen molar-refractivity contribution in [2.24, 2.45) is 0 Å². The van der Waals surface area contributed by atoms with Gasteiger partial charge in [-0.15, -0.1) is 0 Å². The highest BCUT2D eigenvalue weighted by atomic mass is 16.5. The fraction of sp³-hybridized carbons (Fsp3) is 0.417. The Kier molecular flexibility index (Phi) is 8.25. The van der Waals surface area contributed by atoms with Gasteiger partial charge in [0.25, 0.3) is 5.91 Å². The number of rotatable bonds is 9. The number of hydrogen-bond donors (Lipinski definition) is 1. The third-order valence-corrected chi connectivity index (χ3v) is 5.01. The number of likely N-dealkylation sites (N-methyl/N-ethyl adjacent to an activating group) is 1. The molecule has 0 aliphatic carbocycles. The number of ether oxygens (including phenoxy) is 1. The van der Waals surface area contributed by atoms with E-state index in [-0.39, 0.29) is 18.4 Å². The Morgan fingerprint density at radius 2 is 1.79 bits per heavy atom. The van der Waals surface area contributed by atoms with Crippen LogP contribution in [0.5, 0.6) is 5.75 Å². The van der Waals surface area contributed by atoms with Crippen molar-refractivity contribution >= 4 is 11.8 Å². The second-order valence-electron chi connectivity index (χ2n) is 7.36. The van der Waals surface area contributed by atoms with Gasteiger partial charge in [-0.1, -0.05) is 42.8 Å². The van der Waals surface area contributed by atoms with Gasteiger partial charge >= 0.3 is 0 Å². The van der Waals surface area contributed by atoms with Crippen LogP contribution in [-0.2, 0) is 16.1 Å². The summed E-state index contributed by atoms with van der Waals surface area (Å²) < 4.78 is 5.76. The van der Waals surface area contributed by atoms with Gasteiger partial charge in [-0.05, 0) is 62.9 Å². The molecule has 0 saturated heterocycles. The van der Waals surface area contributed by atoms with Crippen LogP contribution in [-0.4, -0.2) is 35.9 Å². The first kappa shape index (κ1) is 22.5. The van der Waals surface area contributed by atoms with Crippen molar-refractivity contribution in [3.8, 4) is 5.75 Å². The molecular formula is C24H32N2O3. The maximum absolute atomic E-state index is 13.1. The van der Waals surface area contributed by atoms with E-state index in [1.165, 1.54) is 5.56 Å². The predicted octanol–water partition coefficient (Wildman–Crippen LogP) is 3.93. The van der Waals surface area contributed by atoms with Crippen LogP contribution in [0.3, 0.4) is 0 Å². The molecule has 0 spiro atoms. The smallest absolute Gasteiger partial charge is 0.261 e. The Labute approximate surface area is 174 Å². The van der Waals surface area contributed by atoms with E-state index in [4.69, 9.17) is 4.74 Å². The number of carbonyl (C=O) groups is 2. The van der Waals surface area contributed by atoms with Crippen molar-refractivity contribution in [2.45, 2.75) is 53.6 Å². The first-order chi connectivity index (χ1) is 13.8. The van der Waals surface area contributed by atoms with Crippen LogP contribution in [0.2, 0.25) is 0 Å². The minimum absolute atomic E-state index is 0.107. The first-order valence-electron chi connectivity index (χ1n) is 10.2. The standard InChI is InChI=1S/C24H32N2O3/c1-6-22(24(28)25-7-2)26(15-20-10-8-9-17(3)13-20)23(27)16-29-21-12-11-18(4)19(5)14-21/h8-14,22H,6-7,15-16H2,1-5H3,(H,25,28)/t22-/m1/s1. The molecular weight excluding hydrogens is 364 g/mol. The average Bonchev–Trinajstić information content (AvgIpc) is 2.68. The Balaban J connectivity index is 2.20. The molecule has 29 heavy (non-hydrogen) atoms. The van der Waals surface area contributed by atoms with Crippen LogP contribution >= 0.6 is 0 Å². The van der Waals surface area contributed by atoms with E-state index < -0.39 is 6.04 Å². The van der Waals surface area contributed by atoms with Crippen LogP contribution in [0.25, 0.3) is 0 Å². The summed E-state index contributed by atoms with van der Waals surface area (Å²) in [5.74, 6) is 0.313. The number of benzene rings is 2. The van der Waals surface area contributed by atoms with Crippen molar-refractivity contribution in [2.75, 3.05) is 13.2 Å². The van der Waals surface area contributed by atoms with Gasteiger partial charge < -0.3 is 15.0 Å². The van der Waals surface area contributed by atoms with Crippen molar-refractivity contribution in [3.05, 3.63) is 64.7 Å². The zero-order chi connectivity index (χ0) is 21.4. The van der Waals surface area contributed by atoms with Crippen LogP contribution in [0.1, 0.15) is 42.5 Å². The van der Waals surface area contributed by atoms with Crippen LogP contribution < -0.4 is 10.1 Å².